The fourth-order valence-corrected chi connectivity index (χ4v) is 2.51. The molecule has 0 aromatic carbocycles. The molecule has 0 aliphatic heterocycles. The Bertz CT molecular complexity index is 417. The van der Waals surface area contributed by atoms with Crippen molar-refractivity contribution >= 4 is 17.4 Å². The third kappa shape index (κ3) is 3.12. The standard InChI is InChI=1S/C13H20ClN3O/c1-8-9(2)13(17-16-12(8)14)15-7-10-3-5-11(18)6-4-10/h10-11,18H,3-7H2,1-2H3,(H,15,17). The molecule has 1 aliphatic rings. The molecule has 0 spiro atoms. The number of hydrogen-bond donors (Lipinski definition) is 2. The summed E-state index contributed by atoms with van der Waals surface area (Å²) in [4.78, 5) is 0. The van der Waals surface area contributed by atoms with Crippen LogP contribution in [-0.2, 0) is 0 Å². The molecule has 1 aromatic heterocycles. The lowest BCUT2D eigenvalue weighted by molar-refractivity contribution is 0.111. The van der Waals surface area contributed by atoms with Crippen molar-refractivity contribution in [3.63, 3.8) is 0 Å². The normalized spacial score (nSPS) is 24.0. The molecule has 1 fully saturated rings. The lowest BCUT2D eigenvalue weighted by Gasteiger charge is -2.25. The predicted molar refractivity (Wildman–Crippen MR) is 73.0 cm³/mol. The van der Waals surface area contributed by atoms with Crippen molar-refractivity contribution in [2.45, 2.75) is 45.6 Å². The summed E-state index contributed by atoms with van der Waals surface area (Å²) in [5, 5.41) is 21.3. The van der Waals surface area contributed by atoms with Crippen LogP contribution >= 0.6 is 11.6 Å². The van der Waals surface area contributed by atoms with Gasteiger partial charge >= 0.3 is 0 Å². The van der Waals surface area contributed by atoms with Gasteiger partial charge in [-0.25, -0.2) is 0 Å². The second kappa shape index (κ2) is 5.85. The molecule has 2 N–H and O–H groups in total. The molecule has 18 heavy (non-hydrogen) atoms. The van der Waals surface area contributed by atoms with E-state index in [1.165, 1.54) is 0 Å². The second-order valence-corrected chi connectivity index (χ2v) is 5.50. The van der Waals surface area contributed by atoms with Crippen LogP contribution in [0.3, 0.4) is 0 Å². The predicted octanol–water partition coefficient (Wildman–Crippen LogP) is 2.71. The van der Waals surface area contributed by atoms with Crippen molar-refractivity contribution in [2.75, 3.05) is 11.9 Å². The monoisotopic (exact) mass is 269 g/mol. The first kappa shape index (κ1) is 13.6. The van der Waals surface area contributed by atoms with Crippen molar-refractivity contribution in [1.29, 1.82) is 0 Å². The van der Waals surface area contributed by atoms with Crippen LogP contribution in [0.4, 0.5) is 5.82 Å². The van der Waals surface area contributed by atoms with E-state index < -0.39 is 0 Å². The zero-order valence-corrected chi connectivity index (χ0v) is 11.7. The Morgan fingerprint density at radius 1 is 1.17 bits per heavy atom. The fraction of sp³-hybridized carbons (Fsp3) is 0.692. The Morgan fingerprint density at radius 3 is 2.50 bits per heavy atom. The molecule has 0 bridgehead atoms. The van der Waals surface area contributed by atoms with Crippen molar-refractivity contribution < 1.29 is 5.11 Å². The van der Waals surface area contributed by atoms with Gasteiger partial charge in [-0.05, 0) is 56.6 Å². The average Bonchev–Trinajstić information content (AvgIpc) is 2.37. The van der Waals surface area contributed by atoms with Crippen LogP contribution in [-0.4, -0.2) is 28.0 Å². The van der Waals surface area contributed by atoms with Crippen LogP contribution in [0.25, 0.3) is 0 Å². The summed E-state index contributed by atoms with van der Waals surface area (Å²) >= 11 is 5.92. The number of nitrogens with zero attached hydrogens (tertiary/aromatic N) is 2. The topological polar surface area (TPSA) is 58.0 Å². The summed E-state index contributed by atoms with van der Waals surface area (Å²) in [5.74, 6) is 1.44. The van der Waals surface area contributed by atoms with E-state index in [1.54, 1.807) is 0 Å². The van der Waals surface area contributed by atoms with Gasteiger partial charge in [-0.15, -0.1) is 10.2 Å². The van der Waals surface area contributed by atoms with Crippen LogP contribution in [0.5, 0.6) is 0 Å². The van der Waals surface area contributed by atoms with Gasteiger partial charge in [0.05, 0.1) is 6.10 Å². The SMILES string of the molecule is Cc1c(Cl)nnc(NCC2CCC(O)CC2)c1C. The Kier molecular flexibility index (Phi) is 4.40. The summed E-state index contributed by atoms with van der Waals surface area (Å²) in [7, 11) is 0. The Balaban J connectivity index is 1.92. The number of aliphatic hydroxyl groups excluding tert-OH is 1. The van der Waals surface area contributed by atoms with Gasteiger partial charge in [0.25, 0.3) is 0 Å². The van der Waals surface area contributed by atoms with Crippen LogP contribution in [0.15, 0.2) is 0 Å². The van der Waals surface area contributed by atoms with Crippen molar-refractivity contribution in [2.24, 2.45) is 5.92 Å². The molecule has 0 radical (unpaired) electrons. The largest absolute Gasteiger partial charge is 0.393 e. The lowest BCUT2D eigenvalue weighted by Crippen LogP contribution is -2.24. The van der Waals surface area contributed by atoms with Crippen LogP contribution < -0.4 is 5.32 Å². The van der Waals surface area contributed by atoms with Crippen molar-refractivity contribution in [3.05, 3.63) is 16.3 Å². The zero-order chi connectivity index (χ0) is 13.1. The number of hydrogen-bond acceptors (Lipinski definition) is 4. The maximum Gasteiger partial charge on any atom is 0.155 e. The number of aromatic nitrogens is 2. The van der Waals surface area contributed by atoms with Gasteiger partial charge in [-0.1, -0.05) is 11.6 Å². The summed E-state index contributed by atoms with van der Waals surface area (Å²) in [5.41, 5.74) is 2.04. The highest BCUT2D eigenvalue weighted by atomic mass is 35.5. The summed E-state index contributed by atoms with van der Waals surface area (Å²) in [6.45, 7) is 4.85. The molecular weight excluding hydrogens is 250 g/mol. The maximum absolute atomic E-state index is 9.47. The molecule has 1 saturated carbocycles. The molecule has 0 saturated heterocycles. The average molecular weight is 270 g/mol. The molecule has 0 unspecified atom stereocenters. The van der Waals surface area contributed by atoms with Gasteiger partial charge in [-0.3, -0.25) is 0 Å². The molecule has 100 valence electrons. The second-order valence-electron chi connectivity index (χ2n) is 5.14. The molecule has 2 rings (SSSR count). The number of rotatable bonds is 3. The van der Waals surface area contributed by atoms with E-state index in [4.69, 9.17) is 11.6 Å². The Labute approximate surface area is 113 Å². The minimum Gasteiger partial charge on any atom is -0.393 e. The molecule has 1 aromatic rings. The van der Waals surface area contributed by atoms with E-state index in [0.717, 1.165) is 49.2 Å². The van der Waals surface area contributed by atoms with Gasteiger partial charge in [0.15, 0.2) is 11.0 Å². The van der Waals surface area contributed by atoms with E-state index in [9.17, 15) is 5.11 Å². The van der Waals surface area contributed by atoms with E-state index >= 15 is 0 Å². The third-order valence-corrected chi connectivity index (χ3v) is 4.20. The van der Waals surface area contributed by atoms with Gasteiger partial charge in [-0.2, -0.15) is 0 Å². The van der Waals surface area contributed by atoms with Crippen LogP contribution in [0, 0.1) is 19.8 Å². The summed E-state index contributed by atoms with van der Waals surface area (Å²) < 4.78 is 0. The van der Waals surface area contributed by atoms with E-state index in [1.807, 2.05) is 13.8 Å². The third-order valence-electron chi connectivity index (χ3n) is 3.84. The van der Waals surface area contributed by atoms with Crippen LogP contribution in [0.2, 0.25) is 5.15 Å². The highest BCUT2D eigenvalue weighted by Crippen LogP contribution is 2.25. The molecule has 4 nitrogen and oxygen atoms in total. The van der Waals surface area contributed by atoms with Crippen LogP contribution in [0.1, 0.15) is 36.8 Å². The lowest BCUT2D eigenvalue weighted by atomic mass is 9.87. The minimum absolute atomic E-state index is 0.0967. The van der Waals surface area contributed by atoms with Gasteiger partial charge in [0.1, 0.15) is 0 Å². The number of halogens is 1. The molecule has 1 heterocycles. The van der Waals surface area contributed by atoms with Gasteiger partial charge in [0, 0.05) is 6.54 Å². The quantitative estimate of drug-likeness (QED) is 0.886. The maximum atomic E-state index is 9.47. The molecule has 0 amide bonds. The molecular formula is C13H20ClN3O. The fourth-order valence-electron chi connectivity index (χ4n) is 2.33. The highest BCUT2D eigenvalue weighted by molar-refractivity contribution is 6.30. The Morgan fingerprint density at radius 2 is 1.83 bits per heavy atom. The minimum atomic E-state index is -0.0967. The van der Waals surface area contributed by atoms with E-state index in [-0.39, 0.29) is 6.10 Å². The first-order chi connectivity index (χ1) is 8.58. The summed E-state index contributed by atoms with van der Waals surface area (Å²) in [6, 6.07) is 0. The first-order valence-corrected chi connectivity index (χ1v) is 6.87. The van der Waals surface area contributed by atoms with E-state index in [2.05, 4.69) is 15.5 Å². The van der Waals surface area contributed by atoms with E-state index in [0.29, 0.717) is 11.1 Å². The molecule has 0 atom stereocenters. The smallest absolute Gasteiger partial charge is 0.155 e. The summed E-state index contributed by atoms with van der Waals surface area (Å²) in [6.07, 6.45) is 3.88. The number of anilines is 1. The molecule has 1 aliphatic carbocycles. The Hall–Kier alpha value is -0.870. The molecule has 5 heteroatoms. The van der Waals surface area contributed by atoms with Gasteiger partial charge in [0.2, 0.25) is 0 Å². The highest BCUT2D eigenvalue weighted by Gasteiger charge is 2.19. The first-order valence-electron chi connectivity index (χ1n) is 6.49. The van der Waals surface area contributed by atoms with Crippen molar-refractivity contribution in [3.8, 4) is 0 Å². The van der Waals surface area contributed by atoms with Crippen molar-refractivity contribution in [1.82, 2.24) is 10.2 Å². The van der Waals surface area contributed by atoms with Gasteiger partial charge < -0.3 is 10.4 Å². The number of nitrogens with one attached hydrogen (secondary N) is 1. The number of aliphatic hydroxyl groups is 1. The zero-order valence-electron chi connectivity index (χ0n) is 10.9.